The molecule has 122 valence electrons. The fraction of sp³-hybridized carbons (Fsp3) is 0.389. The Kier molecular flexibility index (Phi) is 5.20. The summed E-state index contributed by atoms with van der Waals surface area (Å²) in [5.41, 5.74) is 0. The third-order valence-electron chi connectivity index (χ3n) is 3.98. The number of aliphatic hydroxyl groups excluding tert-OH is 2. The van der Waals surface area contributed by atoms with E-state index in [1.54, 1.807) is 0 Å². The van der Waals surface area contributed by atoms with E-state index in [9.17, 15) is 15.0 Å². The van der Waals surface area contributed by atoms with E-state index in [1.165, 1.54) is 11.8 Å². The van der Waals surface area contributed by atoms with Crippen molar-refractivity contribution in [3.05, 3.63) is 42.5 Å². The van der Waals surface area contributed by atoms with E-state index in [2.05, 4.69) is 0 Å². The summed E-state index contributed by atoms with van der Waals surface area (Å²) in [6, 6.07) is 13.8. The van der Waals surface area contributed by atoms with Crippen LogP contribution in [0.15, 0.2) is 42.5 Å². The molecule has 2 aromatic rings. The molecule has 0 radical (unpaired) electrons. The van der Waals surface area contributed by atoms with Gasteiger partial charge in [-0.3, -0.25) is 4.79 Å². The number of carbonyl (C=O) groups excluding carboxylic acids is 1. The van der Waals surface area contributed by atoms with Gasteiger partial charge >= 0.3 is 0 Å². The van der Waals surface area contributed by atoms with Gasteiger partial charge in [0.2, 0.25) is 0 Å². The molecule has 1 aliphatic rings. The average Bonchev–Trinajstić information content (AvgIpc) is 2.88. The molecule has 3 unspecified atom stereocenters. The number of hydrogen-bond acceptors (Lipinski definition) is 5. The number of ether oxygens (including phenoxy) is 1. The molecule has 0 aromatic heterocycles. The topological polar surface area (TPSA) is 66.8 Å². The second kappa shape index (κ2) is 7.34. The van der Waals surface area contributed by atoms with E-state index in [0.29, 0.717) is 12.2 Å². The van der Waals surface area contributed by atoms with Gasteiger partial charge in [-0.2, -0.15) is 11.8 Å². The van der Waals surface area contributed by atoms with Crippen molar-refractivity contribution in [3.63, 3.8) is 0 Å². The Labute approximate surface area is 139 Å². The summed E-state index contributed by atoms with van der Waals surface area (Å²) in [6.07, 6.45) is -0.594. The Morgan fingerprint density at radius 2 is 1.96 bits per heavy atom. The monoisotopic (exact) mass is 332 g/mol. The highest BCUT2D eigenvalue weighted by molar-refractivity contribution is 8.00. The van der Waals surface area contributed by atoms with Crippen LogP contribution in [0.4, 0.5) is 0 Å². The Morgan fingerprint density at radius 3 is 2.74 bits per heavy atom. The van der Waals surface area contributed by atoms with Crippen LogP contribution in [0.2, 0.25) is 0 Å². The van der Waals surface area contributed by atoms with Gasteiger partial charge in [-0.05, 0) is 11.5 Å². The molecule has 1 saturated carbocycles. The van der Waals surface area contributed by atoms with Crippen molar-refractivity contribution in [1.29, 1.82) is 0 Å². The second-order valence-electron chi connectivity index (χ2n) is 5.83. The van der Waals surface area contributed by atoms with Crippen molar-refractivity contribution in [1.82, 2.24) is 0 Å². The lowest BCUT2D eigenvalue weighted by atomic mass is 10.1. The highest BCUT2D eigenvalue weighted by Crippen LogP contribution is 2.29. The van der Waals surface area contributed by atoms with Gasteiger partial charge in [-0.1, -0.05) is 36.4 Å². The van der Waals surface area contributed by atoms with Crippen LogP contribution in [0.1, 0.15) is 12.8 Å². The summed E-state index contributed by atoms with van der Waals surface area (Å²) < 4.78 is 5.75. The average molecular weight is 332 g/mol. The van der Waals surface area contributed by atoms with Crippen LogP contribution in [0.5, 0.6) is 5.75 Å². The summed E-state index contributed by atoms with van der Waals surface area (Å²) in [5.74, 6) is 1.29. The van der Waals surface area contributed by atoms with Crippen molar-refractivity contribution in [3.8, 4) is 5.75 Å². The molecule has 0 saturated heterocycles. The minimum absolute atomic E-state index is 0.0940. The van der Waals surface area contributed by atoms with Gasteiger partial charge in [0.1, 0.15) is 18.1 Å². The minimum Gasteiger partial charge on any atom is -0.490 e. The zero-order valence-corrected chi connectivity index (χ0v) is 13.5. The number of thioether (sulfide) groups is 1. The first-order chi connectivity index (χ1) is 11.1. The van der Waals surface area contributed by atoms with Crippen LogP contribution >= 0.6 is 11.8 Å². The molecular formula is C18H20O4S. The normalized spacial score (nSPS) is 22.4. The maximum Gasteiger partial charge on any atom is 0.136 e. The number of Topliss-reactive ketones (excluding diaryl/α,β-unsaturated/α-hetero) is 1. The molecule has 4 nitrogen and oxygen atoms in total. The zero-order valence-electron chi connectivity index (χ0n) is 12.7. The molecule has 1 fully saturated rings. The van der Waals surface area contributed by atoms with E-state index in [4.69, 9.17) is 4.74 Å². The Balaban J connectivity index is 1.52. The number of rotatable bonds is 6. The van der Waals surface area contributed by atoms with Crippen molar-refractivity contribution >= 4 is 28.3 Å². The number of fused-ring (bicyclic) bond motifs is 1. The highest BCUT2D eigenvalue weighted by atomic mass is 32.2. The van der Waals surface area contributed by atoms with Gasteiger partial charge in [-0.25, -0.2) is 0 Å². The predicted molar refractivity (Wildman–Crippen MR) is 91.9 cm³/mol. The SMILES string of the molecule is O=C1CC(O)C(SCC(O)COc2cccc3ccccc23)C1. The fourth-order valence-corrected chi connectivity index (χ4v) is 3.96. The van der Waals surface area contributed by atoms with E-state index >= 15 is 0 Å². The fourth-order valence-electron chi connectivity index (χ4n) is 2.77. The maximum atomic E-state index is 11.3. The number of aliphatic hydroxyl groups is 2. The minimum atomic E-state index is -0.637. The summed E-state index contributed by atoms with van der Waals surface area (Å²) in [7, 11) is 0. The predicted octanol–water partition coefficient (Wildman–Crippen LogP) is 2.41. The lowest BCUT2D eigenvalue weighted by Gasteiger charge is -2.17. The van der Waals surface area contributed by atoms with Gasteiger partial charge in [0.05, 0.1) is 12.2 Å². The molecule has 0 aliphatic heterocycles. The summed E-state index contributed by atoms with van der Waals surface area (Å²) in [5, 5.41) is 21.8. The van der Waals surface area contributed by atoms with Gasteiger partial charge in [0.25, 0.3) is 0 Å². The van der Waals surface area contributed by atoms with Crippen molar-refractivity contribution in [2.75, 3.05) is 12.4 Å². The van der Waals surface area contributed by atoms with Gasteiger partial charge in [0.15, 0.2) is 0 Å². The molecule has 0 heterocycles. The van der Waals surface area contributed by atoms with Crippen molar-refractivity contribution in [2.45, 2.75) is 30.3 Å². The van der Waals surface area contributed by atoms with Gasteiger partial charge in [0, 0.05) is 29.2 Å². The van der Waals surface area contributed by atoms with Crippen LogP contribution in [0.25, 0.3) is 10.8 Å². The molecule has 3 rings (SSSR count). The lowest BCUT2D eigenvalue weighted by molar-refractivity contribution is -0.117. The number of carbonyl (C=O) groups is 1. The summed E-state index contributed by atoms with van der Waals surface area (Å²) >= 11 is 1.44. The number of benzene rings is 2. The van der Waals surface area contributed by atoms with Gasteiger partial charge < -0.3 is 14.9 Å². The lowest BCUT2D eigenvalue weighted by Crippen LogP contribution is -2.24. The largest absolute Gasteiger partial charge is 0.490 e. The molecular weight excluding hydrogens is 312 g/mol. The third-order valence-corrected chi connectivity index (χ3v) is 5.46. The number of ketones is 1. The van der Waals surface area contributed by atoms with Crippen molar-refractivity contribution in [2.24, 2.45) is 0 Å². The molecule has 0 spiro atoms. The van der Waals surface area contributed by atoms with E-state index < -0.39 is 12.2 Å². The maximum absolute atomic E-state index is 11.3. The smallest absolute Gasteiger partial charge is 0.136 e. The Morgan fingerprint density at radius 1 is 1.17 bits per heavy atom. The third kappa shape index (κ3) is 4.05. The Hall–Kier alpha value is -1.56. The first-order valence-corrected chi connectivity index (χ1v) is 8.78. The van der Waals surface area contributed by atoms with Crippen LogP contribution in [0, 0.1) is 0 Å². The zero-order chi connectivity index (χ0) is 16.2. The molecule has 0 amide bonds. The van der Waals surface area contributed by atoms with E-state index in [0.717, 1.165) is 16.5 Å². The molecule has 0 bridgehead atoms. The second-order valence-corrected chi connectivity index (χ2v) is 7.10. The molecule has 1 aliphatic carbocycles. The molecule has 5 heteroatoms. The quantitative estimate of drug-likeness (QED) is 0.850. The standard InChI is InChI=1S/C18H20O4S/c19-13-8-16(21)18(9-13)23-11-14(20)10-22-17-7-3-5-12-4-1-2-6-15(12)17/h1-7,14,16,18,20-21H,8-11H2. The first-order valence-electron chi connectivity index (χ1n) is 7.73. The Bertz CT molecular complexity index is 682. The van der Waals surface area contributed by atoms with Gasteiger partial charge in [-0.15, -0.1) is 0 Å². The summed E-state index contributed by atoms with van der Waals surface area (Å²) in [4.78, 5) is 11.3. The van der Waals surface area contributed by atoms with E-state index in [1.807, 2.05) is 42.5 Å². The number of hydrogen-bond donors (Lipinski definition) is 2. The van der Waals surface area contributed by atoms with Crippen LogP contribution in [0.3, 0.4) is 0 Å². The van der Waals surface area contributed by atoms with E-state index in [-0.39, 0.29) is 24.1 Å². The molecule has 3 atom stereocenters. The molecule has 2 aromatic carbocycles. The first kappa shape index (κ1) is 16.3. The van der Waals surface area contributed by atoms with Crippen LogP contribution in [-0.4, -0.2) is 45.8 Å². The highest BCUT2D eigenvalue weighted by Gasteiger charge is 2.32. The van der Waals surface area contributed by atoms with Crippen LogP contribution < -0.4 is 4.74 Å². The summed E-state index contributed by atoms with van der Waals surface area (Å²) in [6.45, 7) is 0.192. The molecule has 23 heavy (non-hydrogen) atoms. The van der Waals surface area contributed by atoms with Crippen molar-refractivity contribution < 1.29 is 19.7 Å². The van der Waals surface area contributed by atoms with Crippen LogP contribution in [-0.2, 0) is 4.79 Å². The molecule has 2 N–H and O–H groups in total.